The summed E-state index contributed by atoms with van der Waals surface area (Å²) in [6, 6.07) is 0. The monoisotopic (exact) mass is 272 g/mol. The molecule has 0 radical (unpaired) electrons. The maximum Gasteiger partial charge on any atom is 0.148 e. The highest BCUT2D eigenvalue weighted by Crippen LogP contribution is 2.10. The quantitative estimate of drug-likeness (QED) is 0.677. The fraction of sp³-hybridized carbons (Fsp3) is 0.417. The van der Waals surface area contributed by atoms with Crippen LogP contribution in [0, 0.1) is 6.92 Å². The van der Waals surface area contributed by atoms with E-state index in [-0.39, 0.29) is 0 Å². The highest BCUT2D eigenvalue weighted by molar-refractivity contribution is 5.25. The van der Waals surface area contributed by atoms with Gasteiger partial charge >= 0.3 is 0 Å². The molecule has 0 saturated carbocycles. The van der Waals surface area contributed by atoms with Gasteiger partial charge in [0.15, 0.2) is 0 Å². The van der Waals surface area contributed by atoms with Crippen LogP contribution in [0.4, 0.5) is 0 Å². The van der Waals surface area contributed by atoms with Gasteiger partial charge in [0, 0.05) is 20.0 Å². The molecule has 0 saturated heterocycles. The summed E-state index contributed by atoms with van der Waals surface area (Å²) in [4.78, 5) is 8.41. The standard InChI is InChI=1S/C12H16N8/c1-10-16-12(4-3-5-19-9-13-8-15-19)20(17-10)11-6-14-18(2)7-11/h6-9H,3-5H2,1-2H3. The van der Waals surface area contributed by atoms with E-state index in [1.54, 1.807) is 23.5 Å². The Labute approximate surface area is 116 Å². The first-order valence-corrected chi connectivity index (χ1v) is 6.46. The minimum Gasteiger partial charge on any atom is -0.274 e. The molecule has 0 bridgehead atoms. The van der Waals surface area contributed by atoms with Gasteiger partial charge in [-0.15, -0.1) is 0 Å². The van der Waals surface area contributed by atoms with Crippen molar-refractivity contribution >= 4 is 0 Å². The summed E-state index contributed by atoms with van der Waals surface area (Å²) in [5.74, 6) is 1.71. The molecule has 8 nitrogen and oxygen atoms in total. The van der Waals surface area contributed by atoms with Crippen LogP contribution in [-0.4, -0.2) is 39.3 Å². The summed E-state index contributed by atoms with van der Waals surface area (Å²) in [5.41, 5.74) is 0.934. The van der Waals surface area contributed by atoms with Crippen LogP contribution < -0.4 is 0 Å². The predicted octanol–water partition coefficient (Wildman–Crippen LogP) is 0.534. The highest BCUT2D eigenvalue weighted by Gasteiger charge is 2.10. The van der Waals surface area contributed by atoms with Crippen LogP contribution in [0.1, 0.15) is 18.1 Å². The topological polar surface area (TPSA) is 79.2 Å². The Hall–Kier alpha value is -2.51. The van der Waals surface area contributed by atoms with E-state index in [2.05, 4.69) is 25.3 Å². The van der Waals surface area contributed by atoms with Crippen LogP contribution in [0.25, 0.3) is 5.69 Å². The molecule has 104 valence electrons. The molecule has 0 aliphatic carbocycles. The molecule has 3 aromatic rings. The van der Waals surface area contributed by atoms with Crippen LogP contribution in [-0.2, 0) is 20.0 Å². The van der Waals surface area contributed by atoms with Crippen LogP contribution >= 0.6 is 0 Å². The van der Waals surface area contributed by atoms with Gasteiger partial charge in [0.05, 0.1) is 12.4 Å². The summed E-state index contributed by atoms with van der Waals surface area (Å²) in [6.45, 7) is 2.72. The van der Waals surface area contributed by atoms with Gasteiger partial charge in [0.25, 0.3) is 0 Å². The van der Waals surface area contributed by atoms with Crippen molar-refractivity contribution in [2.45, 2.75) is 26.3 Å². The fourth-order valence-corrected chi connectivity index (χ4v) is 2.09. The van der Waals surface area contributed by atoms with Gasteiger partial charge in [-0.05, 0) is 13.3 Å². The van der Waals surface area contributed by atoms with E-state index in [0.717, 1.165) is 36.7 Å². The lowest BCUT2D eigenvalue weighted by molar-refractivity contribution is 0.565. The molecule has 3 aromatic heterocycles. The summed E-state index contributed by atoms with van der Waals surface area (Å²) >= 11 is 0. The van der Waals surface area contributed by atoms with E-state index >= 15 is 0 Å². The number of hydrogen-bond donors (Lipinski definition) is 0. The van der Waals surface area contributed by atoms with E-state index in [9.17, 15) is 0 Å². The van der Waals surface area contributed by atoms with Crippen molar-refractivity contribution in [2.75, 3.05) is 0 Å². The van der Waals surface area contributed by atoms with Gasteiger partial charge < -0.3 is 0 Å². The van der Waals surface area contributed by atoms with E-state index in [1.165, 1.54) is 0 Å². The Bertz CT molecular complexity index is 678. The second-order valence-corrected chi connectivity index (χ2v) is 4.62. The zero-order valence-corrected chi connectivity index (χ0v) is 11.5. The Morgan fingerprint density at radius 3 is 2.85 bits per heavy atom. The molecular weight excluding hydrogens is 256 g/mol. The second-order valence-electron chi connectivity index (χ2n) is 4.62. The van der Waals surface area contributed by atoms with E-state index in [4.69, 9.17) is 0 Å². The SMILES string of the molecule is Cc1nc(CCCn2cncn2)n(-c2cnn(C)c2)n1. The molecule has 3 rings (SSSR count). The third kappa shape index (κ3) is 2.58. The summed E-state index contributed by atoms with van der Waals surface area (Å²) in [7, 11) is 1.89. The van der Waals surface area contributed by atoms with Crippen molar-refractivity contribution in [1.82, 2.24) is 39.3 Å². The number of nitrogens with zero attached hydrogens (tertiary/aromatic N) is 8. The third-order valence-corrected chi connectivity index (χ3v) is 2.97. The Morgan fingerprint density at radius 1 is 1.25 bits per heavy atom. The summed E-state index contributed by atoms with van der Waals surface area (Å²) in [6.07, 6.45) is 8.74. The average molecular weight is 272 g/mol. The summed E-state index contributed by atoms with van der Waals surface area (Å²) < 4.78 is 5.42. The number of aromatic nitrogens is 8. The number of aryl methyl sites for hydroxylation is 4. The molecule has 3 heterocycles. The maximum atomic E-state index is 4.48. The van der Waals surface area contributed by atoms with Crippen LogP contribution in [0.15, 0.2) is 25.0 Å². The van der Waals surface area contributed by atoms with Crippen molar-refractivity contribution in [3.63, 3.8) is 0 Å². The van der Waals surface area contributed by atoms with Gasteiger partial charge in [-0.3, -0.25) is 9.36 Å². The van der Waals surface area contributed by atoms with E-state index in [0.29, 0.717) is 0 Å². The smallest absolute Gasteiger partial charge is 0.148 e. The molecule has 0 spiro atoms. The zero-order valence-electron chi connectivity index (χ0n) is 11.5. The summed E-state index contributed by atoms with van der Waals surface area (Å²) in [5, 5.41) is 12.7. The van der Waals surface area contributed by atoms with Crippen LogP contribution in [0.5, 0.6) is 0 Å². The van der Waals surface area contributed by atoms with Crippen molar-refractivity contribution in [2.24, 2.45) is 7.05 Å². The second kappa shape index (κ2) is 5.24. The molecule has 20 heavy (non-hydrogen) atoms. The molecule has 0 N–H and O–H groups in total. The normalized spacial score (nSPS) is 11.1. The number of rotatable bonds is 5. The maximum absolute atomic E-state index is 4.48. The number of hydrogen-bond acceptors (Lipinski definition) is 5. The Kier molecular flexibility index (Phi) is 3.28. The lowest BCUT2D eigenvalue weighted by atomic mass is 10.3. The zero-order chi connectivity index (χ0) is 13.9. The van der Waals surface area contributed by atoms with Crippen molar-refractivity contribution in [3.8, 4) is 5.69 Å². The first-order chi connectivity index (χ1) is 9.72. The Morgan fingerprint density at radius 2 is 2.15 bits per heavy atom. The van der Waals surface area contributed by atoms with E-state index < -0.39 is 0 Å². The lowest BCUT2D eigenvalue weighted by Gasteiger charge is -2.03. The minimum atomic E-state index is 0.768. The molecule has 0 aliphatic heterocycles. The molecule has 0 atom stereocenters. The predicted molar refractivity (Wildman–Crippen MR) is 71.2 cm³/mol. The molecular formula is C12H16N8. The van der Waals surface area contributed by atoms with Gasteiger partial charge in [0.1, 0.15) is 30.0 Å². The lowest BCUT2D eigenvalue weighted by Crippen LogP contribution is -2.05. The molecule has 0 aromatic carbocycles. The molecule has 8 heteroatoms. The molecule has 0 unspecified atom stereocenters. The Balaban J connectivity index is 1.73. The first-order valence-electron chi connectivity index (χ1n) is 6.46. The fourth-order valence-electron chi connectivity index (χ4n) is 2.09. The first kappa shape index (κ1) is 12.5. The molecule has 0 aliphatic rings. The van der Waals surface area contributed by atoms with Gasteiger partial charge in [-0.2, -0.15) is 15.3 Å². The van der Waals surface area contributed by atoms with Crippen molar-refractivity contribution < 1.29 is 0 Å². The average Bonchev–Trinajstić information content (AvgIpc) is 3.11. The van der Waals surface area contributed by atoms with Gasteiger partial charge in [-0.25, -0.2) is 14.6 Å². The van der Waals surface area contributed by atoms with Crippen LogP contribution in [0.3, 0.4) is 0 Å². The molecule has 0 fully saturated rings. The van der Waals surface area contributed by atoms with E-state index in [1.807, 2.05) is 29.5 Å². The van der Waals surface area contributed by atoms with Crippen LogP contribution in [0.2, 0.25) is 0 Å². The van der Waals surface area contributed by atoms with Gasteiger partial charge in [-0.1, -0.05) is 0 Å². The minimum absolute atomic E-state index is 0.768. The largest absolute Gasteiger partial charge is 0.274 e. The third-order valence-electron chi connectivity index (χ3n) is 2.97. The van der Waals surface area contributed by atoms with Crippen molar-refractivity contribution in [1.29, 1.82) is 0 Å². The van der Waals surface area contributed by atoms with Crippen molar-refractivity contribution in [3.05, 3.63) is 36.7 Å². The molecule has 0 amide bonds. The van der Waals surface area contributed by atoms with Gasteiger partial charge in [0.2, 0.25) is 0 Å². The highest BCUT2D eigenvalue weighted by atomic mass is 15.4.